The number of hydrogen-bond acceptors (Lipinski definition) is 3. The lowest BCUT2D eigenvalue weighted by atomic mass is 9.96. The number of nitrogens with one attached hydrogen (secondary N) is 2. The third kappa shape index (κ3) is 2.34. The van der Waals surface area contributed by atoms with Crippen LogP contribution in [-0.4, -0.2) is 27.8 Å². The summed E-state index contributed by atoms with van der Waals surface area (Å²) in [5.41, 5.74) is 3.08. The van der Waals surface area contributed by atoms with Crippen LogP contribution < -0.4 is 5.32 Å². The minimum absolute atomic E-state index is 0.198. The van der Waals surface area contributed by atoms with Gasteiger partial charge in [0.1, 0.15) is 5.60 Å². The molecule has 0 fully saturated rings. The zero-order valence-electron chi connectivity index (χ0n) is 12.2. The number of rotatable bonds is 3. The lowest BCUT2D eigenvalue weighted by Gasteiger charge is -2.24. The van der Waals surface area contributed by atoms with Crippen molar-refractivity contribution >= 4 is 5.91 Å². The monoisotopic (exact) mass is 285 g/mol. The van der Waals surface area contributed by atoms with Gasteiger partial charge in [0.2, 0.25) is 0 Å². The standard InChI is InChI=1S/C16H19N3O2/c1-10-14(11(2)19-18-10)15(20)17-9-16(21)8-7-12-5-3-4-6-13(12)16/h3-6,21H,7-9H2,1-2H3,(H,17,20)(H,18,19). The maximum Gasteiger partial charge on any atom is 0.255 e. The van der Waals surface area contributed by atoms with E-state index >= 15 is 0 Å². The SMILES string of the molecule is Cc1n[nH]c(C)c1C(=O)NCC1(O)CCc2ccccc21. The third-order valence-electron chi connectivity index (χ3n) is 4.22. The van der Waals surface area contributed by atoms with Crippen molar-refractivity contribution in [2.45, 2.75) is 32.3 Å². The molecule has 5 heteroatoms. The van der Waals surface area contributed by atoms with E-state index in [9.17, 15) is 9.90 Å². The Kier molecular flexibility index (Phi) is 3.29. The van der Waals surface area contributed by atoms with Gasteiger partial charge < -0.3 is 10.4 Å². The summed E-state index contributed by atoms with van der Waals surface area (Å²) in [5.74, 6) is -0.198. The van der Waals surface area contributed by atoms with E-state index in [1.165, 1.54) is 0 Å². The fourth-order valence-electron chi connectivity index (χ4n) is 3.05. The molecule has 21 heavy (non-hydrogen) atoms. The number of aliphatic hydroxyl groups is 1. The van der Waals surface area contributed by atoms with E-state index in [1.807, 2.05) is 31.2 Å². The van der Waals surface area contributed by atoms with Gasteiger partial charge in [-0.2, -0.15) is 5.10 Å². The average molecular weight is 285 g/mol. The van der Waals surface area contributed by atoms with Crippen LogP contribution in [0.15, 0.2) is 24.3 Å². The largest absolute Gasteiger partial charge is 0.383 e. The maximum absolute atomic E-state index is 12.3. The van der Waals surface area contributed by atoms with E-state index in [2.05, 4.69) is 15.5 Å². The highest BCUT2D eigenvalue weighted by molar-refractivity contribution is 5.96. The number of hydrogen-bond donors (Lipinski definition) is 3. The van der Waals surface area contributed by atoms with E-state index in [1.54, 1.807) is 6.92 Å². The quantitative estimate of drug-likeness (QED) is 0.801. The van der Waals surface area contributed by atoms with E-state index in [-0.39, 0.29) is 12.5 Å². The Morgan fingerprint density at radius 2 is 2.19 bits per heavy atom. The first-order valence-corrected chi connectivity index (χ1v) is 7.12. The fraction of sp³-hybridized carbons (Fsp3) is 0.375. The predicted octanol–water partition coefficient (Wildman–Crippen LogP) is 1.59. The van der Waals surface area contributed by atoms with Crippen molar-refractivity contribution in [1.82, 2.24) is 15.5 Å². The highest BCUT2D eigenvalue weighted by Crippen LogP contribution is 2.36. The van der Waals surface area contributed by atoms with Crippen LogP contribution in [0.2, 0.25) is 0 Å². The van der Waals surface area contributed by atoms with Crippen molar-refractivity contribution in [2.24, 2.45) is 0 Å². The number of carbonyl (C=O) groups is 1. The number of carbonyl (C=O) groups excluding carboxylic acids is 1. The summed E-state index contributed by atoms with van der Waals surface area (Å²) in [5, 5.41) is 20.5. The molecule has 1 aliphatic carbocycles. The second-order valence-corrected chi connectivity index (χ2v) is 5.68. The van der Waals surface area contributed by atoms with Crippen molar-refractivity contribution in [3.8, 4) is 0 Å². The molecular formula is C16H19N3O2. The minimum atomic E-state index is -0.974. The molecule has 0 radical (unpaired) electrons. The van der Waals surface area contributed by atoms with Gasteiger partial charge in [-0.3, -0.25) is 9.89 Å². The Morgan fingerprint density at radius 3 is 2.90 bits per heavy atom. The van der Waals surface area contributed by atoms with Crippen LogP contribution in [-0.2, 0) is 12.0 Å². The molecule has 5 nitrogen and oxygen atoms in total. The van der Waals surface area contributed by atoms with Gasteiger partial charge in [0.05, 0.1) is 17.8 Å². The first-order chi connectivity index (χ1) is 10.0. The van der Waals surface area contributed by atoms with Crippen molar-refractivity contribution in [3.05, 3.63) is 52.3 Å². The summed E-state index contributed by atoms with van der Waals surface area (Å²) in [4.78, 5) is 12.3. The number of aromatic amines is 1. The Labute approximate surface area is 123 Å². The Balaban J connectivity index is 1.76. The number of fused-ring (bicyclic) bond motifs is 1. The number of amides is 1. The van der Waals surface area contributed by atoms with Crippen molar-refractivity contribution in [1.29, 1.82) is 0 Å². The van der Waals surface area contributed by atoms with Gasteiger partial charge in [-0.1, -0.05) is 24.3 Å². The van der Waals surface area contributed by atoms with Gasteiger partial charge >= 0.3 is 0 Å². The molecule has 0 aliphatic heterocycles. The second kappa shape index (κ2) is 5.00. The average Bonchev–Trinajstić information content (AvgIpc) is 2.99. The van der Waals surface area contributed by atoms with Crippen LogP contribution in [0.3, 0.4) is 0 Å². The van der Waals surface area contributed by atoms with Crippen LogP contribution in [0.1, 0.15) is 39.3 Å². The van der Waals surface area contributed by atoms with Crippen molar-refractivity contribution in [2.75, 3.05) is 6.54 Å². The number of H-pyrrole nitrogens is 1. The first-order valence-electron chi connectivity index (χ1n) is 7.12. The van der Waals surface area contributed by atoms with Gasteiger partial charge in [-0.15, -0.1) is 0 Å². The molecule has 0 saturated heterocycles. The number of benzene rings is 1. The van der Waals surface area contributed by atoms with Crippen LogP contribution in [0.5, 0.6) is 0 Å². The summed E-state index contributed by atoms with van der Waals surface area (Å²) in [6, 6.07) is 7.85. The van der Waals surface area contributed by atoms with Crippen LogP contribution in [0.25, 0.3) is 0 Å². The maximum atomic E-state index is 12.3. The lowest BCUT2D eigenvalue weighted by molar-refractivity contribution is 0.0369. The van der Waals surface area contributed by atoms with E-state index in [0.717, 1.165) is 23.2 Å². The van der Waals surface area contributed by atoms with E-state index in [4.69, 9.17) is 0 Å². The van der Waals surface area contributed by atoms with Crippen molar-refractivity contribution in [3.63, 3.8) is 0 Å². The fourth-order valence-corrected chi connectivity index (χ4v) is 3.05. The summed E-state index contributed by atoms with van der Waals surface area (Å²) in [6.45, 7) is 3.82. The van der Waals surface area contributed by atoms with Crippen LogP contribution in [0, 0.1) is 13.8 Å². The molecule has 1 atom stereocenters. The second-order valence-electron chi connectivity index (χ2n) is 5.68. The molecule has 1 amide bonds. The topological polar surface area (TPSA) is 78.0 Å². The van der Waals surface area contributed by atoms with Gasteiger partial charge in [-0.05, 0) is 37.8 Å². The molecule has 1 aromatic carbocycles. The van der Waals surface area contributed by atoms with E-state index in [0.29, 0.717) is 17.7 Å². The summed E-state index contributed by atoms with van der Waals surface area (Å²) in [7, 11) is 0. The highest BCUT2D eigenvalue weighted by Gasteiger charge is 2.36. The summed E-state index contributed by atoms with van der Waals surface area (Å²) >= 11 is 0. The number of nitrogens with zero attached hydrogens (tertiary/aromatic N) is 1. The molecule has 1 unspecified atom stereocenters. The van der Waals surface area contributed by atoms with Gasteiger partial charge in [-0.25, -0.2) is 0 Å². The lowest BCUT2D eigenvalue weighted by Crippen LogP contribution is -2.39. The van der Waals surface area contributed by atoms with Crippen LogP contribution >= 0.6 is 0 Å². The molecule has 0 bridgehead atoms. The molecule has 3 N–H and O–H groups in total. The molecule has 1 aliphatic rings. The molecule has 0 saturated carbocycles. The Hall–Kier alpha value is -2.14. The Bertz CT molecular complexity index is 673. The molecule has 1 heterocycles. The van der Waals surface area contributed by atoms with Crippen LogP contribution in [0.4, 0.5) is 0 Å². The zero-order valence-corrected chi connectivity index (χ0v) is 12.2. The molecule has 1 aromatic heterocycles. The zero-order chi connectivity index (χ0) is 15.0. The first kappa shape index (κ1) is 13.8. The highest BCUT2D eigenvalue weighted by atomic mass is 16.3. The summed E-state index contributed by atoms with van der Waals surface area (Å²) < 4.78 is 0. The minimum Gasteiger partial charge on any atom is -0.383 e. The number of aromatic nitrogens is 2. The molecule has 0 spiro atoms. The van der Waals surface area contributed by atoms with Gasteiger partial charge in [0, 0.05) is 5.69 Å². The molecular weight excluding hydrogens is 266 g/mol. The third-order valence-corrected chi connectivity index (χ3v) is 4.22. The van der Waals surface area contributed by atoms with Gasteiger partial charge in [0.15, 0.2) is 0 Å². The smallest absolute Gasteiger partial charge is 0.255 e. The normalized spacial score (nSPS) is 20.3. The number of aryl methyl sites for hydroxylation is 3. The molecule has 110 valence electrons. The van der Waals surface area contributed by atoms with E-state index < -0.39 is 5.60 Å². The Morgan fingerprint density at radius 1 is 1.43 bits per heavy atom. The van der Waals surface area contributed by atoms with Crippen molar-refractivity contribution < 1.29 is 9.90 Å². The predicted molar refractivity (Wildman–Crippen MR) is 79.1 cm³/mol. The molecule has 2 aromatic rings. The van der Waals surface area contributed by atoms with Gasteiger partial charge in [0.25, 0.3) is 5.91 Å². The summed E-state index contributed by atoms with van der Waals surface area (Å²) in [6.07, 6.45) is 1.47. The molecule has 3 rings (SSSR count).